The third-order valence-electron chi connectivity index (χ3n) is 10.1. The van der Waals surface area contributed by atoms with Crippen molar-refractivity contribution in [2.45, 2.75) is 205 Å². The van der Waals surface area contributed by atoms with Gasteiger partial charge in [-0.25, -0.2) is 0 Å². The summed E-state index contributed by atoms with van der Waals surface area (Å²) < 4.78 is 22.1. The molecule has 10 heteroatoms. The minimum Gasteiger partial charge on any atom is -0.462 e. The number of carbonyl (C=O) groups excluding carboxylic acids is 2. The van der Waals surface area contributed by atoms with Crippen LogP contribution in [0.2, 0.25) is 0 Å². The fraction of sp³-hybridized carbons (Fsp3) is 0.714. The summed E-state index contributed by atoms with van der Waals surface area (Å²) in [6, 6.07) is 0. The highest BCUT2D eigenvalue weighted by Gasteiger charge is 2.44. The van der Waals surface area contributed by atoms with Crippen LogP contribution in [-0.4, -0.2) is 89.0 Å². The lowest BCUT2D eigenvalue weighted by Crippen LogP contribution is -2.59. The third-order valence-corrected chi connectivity index (χ3v) is 10.1. The Bertz CT molecular complexity index is 1190. The van der Waals surface area contributed by atoms with E-state index in [0.717, 1.165) is 57.8 Å². The molecule has 0 amide bonds. The molecule has 0 bridgehead atoms. The Labute approximate surface area is 357 Å². The molecule has 0 saturated carbocycles. The smallest absolute Gasteiger partial charge is 0.306 e. The molecule has 338 valence electrons. The maximum Gasteiger partial charge on any atom is 0.306 e. The molecule has 1 fully saturated rings. The fourth-order valence-corrected chi connectivity index (χ4v) is 6.45. The van der Waals surface area contributed by atoms with Gasteiger partial charge >= 0.3 is 11.9 Å². The zero-order valence-electron chi connectivity index (χ0n) is 36.7. The van der Waals surface area contributed by atoms with Crippen molar-refractivity contribution >= 4 is 11.9 Å². The van der Waals surface area contributed by atoms with Gasteiger partial charge in [0.2, 0.25) is 0 Å². The Kier molecular flexibility index (Phi) is 36.1. The second kappa shape index (κ2) is 39.3. The highest BCUT2D eigenvalue weighted by atomic mass is 16.7. The number of carbonyl (C=O) groups is 2. The summed E-state index contributed by atoms with van der Waals surface area (Å²) in [7, 11) is 0. The Morgan fingerprint density at radius 2 is 1.02 bits per heavy atom. The molecule has 0 aromatic rings. The van der Waals surface area contributed by atoms with Crippen molar-refractivity contribution in [3.63, 3.8) is 0 Å². The maximum absolute atomic E-state index is 12.8. The van der Waals surface area contributed by atoms with E-state index in [1.165, 1.54) is 64.2 Å². The van der Waals surface area contributed by atoms with Gasteiger partial charge in [-0.05, 0) is 77.0 Å². The molecule has 0 radical (unpaired) electrons. The molecule has 0 aliphatic carbocycles. The molecular formula is C49H82O10. The van der Waals surface area contributed by atoms with Gasteiger partial charge in [0, 0.05) is 12.8 Å². The molecule has 1 heterocycles. The average Bonchev–Trinajstić information content (AvgIpc) is 3.23. The van der Waals surface area contributed by atoms with Crippen LogP contribution in [0.1, 0.15) is 168 Å². The molecule has 0 aromatic carbocycles. The summed E-state index contributed by atoms with van der Waals surface area (Å²) in [5, 5.41) is 40.1. The van der Waals surface area contributed by atoms with Crippen LogP contribution in [0.15, 0.2) is 72.9 Å². The normalized spacial score (nSPS) is 20.7. The Morgan fingerprint density at radius 1 is 0.542 bits per heavy atom. The van der Waals surface area contributed by atoms with Crippen molar-refractivity contribution in [3.8, 4) is 0 Å². The van der Waals surface area contributed by atoms with Crippen molar-refractivity contribution in [2.24, 2.45) is 0 Å². The van der Waals surface area contributed by atoms with Crippen LogP contribution >= 0.6 is 0 Å². The summed E-state index contributed by atoms with van der Waals surface area (Å²) >= 11 is 0. The summed E-state index contributed by atoms with van der Waals surface area (Å²) in [6.07, 6.45) is 42.0. The minimum absolute atomic E-state index is 0.148. The third kappa shape index (κ3) is 30.8. The van der Waals surface area contributed by atoms with Crippen LogP contribution in [0.5, 0.6) is 0 Å². The predicted octanol–water partition coefficient (Wildman–Crippen LogP) is 10.00. The van der Waals surface area contributed by atoms with Crippen LogP contribution in [0.3, 0.4) is 0 Å². The molecule has 4 N–H and O–H groups in total. The van der Waals surface area contributed by atoms with E-state index in [1.54, 1.807) is 0 Å². The zero-order valence-corrected chi connectivity index (χ0v) is 36.7. The topological polar surface area (TPSA) is 152 Å². The maximum atomic E-state index is 12.8. The second-order valence-corrected chi connectivity index (χ2v) is 15.5. The van der Waals surface area contributed by atoms with E-state index in [-0.39, 0.29) is 26.1 Å². The number of aliphatic hydroxyl groups is 4. The number of hydrogen-bond donors (Lipinski definition) is 4. The molecule has 6 atom stereocenters. The Hall–Kier alpha value is -2.86. The summed E-state index contributed by atoms with van der Waals surface area (Å²) in [4.78, 5) is 25.3. The number of hydrogen-bond acceptors (Lipinski definition) is 10. The van der Waals surface area contributed by atoms with Gasteiger partial charge < -0.3 is 39.4 Å². The zero-order chi connectivity index (χ0) is 43.0. The number of rotatable bonds is 37. The number of unbranched alkanes of at least 4 members (excludes halogenated alkanes) is 14. The van der Waals surface area contributed by atoms with Gasteiger partial charge in [-0.15, -0.1) is 0 Å². The van der Waals surface area contributed by atoms with E-state index in [0.29, 0.717) is 19.3 Å². The molecule has 1 rings (SSSR count). The second-order valence-electron chi connectivity index (χ2n) is 15.5. The molecule has 0 aromatic heterocycles. The van der Waals surface area contributed by atoms with Crippen LogP contribution in [0, 0.1) is 0 Å². The molecule has 1 saturated heterocycles. The van der Waals surface area contributed by atoms with E-state index in [1.807, 2.05) is 6.08 Å². The molecule has 6 unspecified atom stereocenters. The van der Waals surface area contributed by atoms with Crippen molar-refractivity contribution < 1.29 is 49.0 Å². The molecule has 59 heavy (non-hydrogen) atoms. The molecule has 1 aliphatic rings. The molecular weight excluding hydrogens is 749 g/mol. The van der Waals surface area contributed by atoms with Crippen molar-refractivity contribution in [1.82, 2.24) is 0 Å². The highest BCUT2D eigenvalue weighted by Crippen LogP contribution is 2.22. The number of ether oxygens (including phenoxy) is 4. The van der Waals surface area contributed by atoms with Crippen LogP contribution < -0.4 is 0 Å². The molecule has 10 nitrogen and oxygen atoms in total. The molecule has 1 aliphatic heterocycles. The fourth-order valence-electron chi connectivity index (χ4n) is 6.45. The Morgan fingerprint density at radius 3 is 1.58 bits per heavy atom. The Balaban J connectivity index is 2.37. The van der Waals surface area contributed by atoms with Gasteiger partial charge in [0.1, 0.15) is 31.0 Å². The first-order valence-corrected chi connectivity index (χ1v) is 23.0. The van der Waals surface area contributed by atoms with Crippen LogP contribution in [0.25, 0.3) is 0 Å². The first-order chi connectivity index (χ1) is 28.8. The number of allylic oxidation sites excluding steroid dienone is 12. The van der Waals surface area contributed by atoms with Gasteiger partial charge in [-0.1, -0.05) is 151 Å². The van der Waals surface area contributed by atoms with Crippen molar-refractivity contribution in [3.05, 3.63) is 72.9 Å². The summed E-state index contributed by atoms with van der Waals surface area (Å²) in [5.74, 6) is -0.884. The molecule has 0 spiro atoms. The summed E-state index contributed by atoms with van der Waals surface area (Å²) in [5.41, 5.74) is 0. The lowest BCUT2D eigenvalue weighted by atomic mass is 9.99. The lowest BCUT2D eigenvalue weighted by Gasteiger charge is -2.39. The van der Waals surface area contributed by atoms with Gasteiger partial charge in [-0.2, -0.15) is 0 Å². The average molecular weight is 831 g/mol. The highest BCUT2D eigenvalue weighted by molar-refractivity contribution is 5.70. The van der Waals surface area contributed by atoms with E-state index >= 15 is 0 Å². The van der Waals surface area contributed by atoms with E-state index in [9.17, 15) is 30.0 Å². The van der Waals surface area contributed by atoms with Gasteiger partial charge in [0.05, 0.1) is 13.2 Å². The summed E-state index contributed by atoms with van der Waals surface area (Å²) in [6.45, 7) is 3.24. The van der Waals surface area contributed by atoms with E-state index in [2.05, 4.69) is 80.7 Å². The van der Waals surface area contributed by atoms with Gasteiger partial charge in [-0.3, -0.25) is 9.59 Å². The van der Waals surface area contributed by atoms with Crippen molar-refractivity contribution in [2.75, 3.05) is 19.8 Å². The van der Waals surface area contributed by atoms with Gasteiger partial charge in [0.15, 0.2) is 12.4 Å². The monoisotopic (exact) mass is 831 g/mol. The minimum atomic E-state index is -1.61. The SMILES string of the molecule is CC/C=C\C/C=C\C/C=C\C/C=C\C/C=C\CCCC(=O)OC(COC(=O)CCCCCCCCC/C=C\CCCCCCCC)COC1OC(CO)C(O)C(O)C1O. The quantitative estimate of drug-likeness (QED) is 0.0271. The standard InChI is InChI=1S/C49H82O10/c1-3-5-7-9-11-13-15-17-19-21-23-25-27-29-31-33-35-37-44(51)56-40-42(41-57-49-48(55)47(54)46(53)43(39-50)59-49)58-45(52)38-36-34-32-30-28-26-24-22-20-18-16-14-12-10-8-6-4-2/h6,8,12,14,17-20,24,26,30,32,42-43,46-50,53-55H,3-5,7,9-11,13,15-16,21-23,25,27-29,31,33-41H2,1-2H3/b8-6-,14-12-,19-17-,20-18-,26-24-,32-30-. The predicted molar refractivity (Wildman–Crippen MR) is 238 cm³/mol. The number of esters is 2. The largest absolute Gasteiger partial charge is 0.462 e. The van der Waals surface area contributed by atoms with E-state index in [4.69, 9.17) is 18.9 Å². The van der Waals surface area contributed by atoms with Crippen molar-refractivity contribution in [1.29, 1.82) is 0 Å². The van der Waals surface area contributed by atoms with Gasteiger partial charge in [0.25, 0.3) is 0 Å². The van der Waals surface area contributed by atoms with Crippen LogP contribution in [-0.2, 0) is 28.5 Å². The number of aliphatic hydroxyl groups excluding tert-OH is 4. The van der Waals surface area contributed by atoms with Crippen LogP contribution in [0.4, 0.5) is 0 Å². The lowest BCUT2D eigenvalue weighted by molar-refractivity contribution is -0.305. The first kappa shape index (κ1) is 54.2. The van der Waals surface area contributed by atoms with E-state index < -0.39 is 55.4 Å². The first-order valence-electron chi connectivity index (χ1n) is 23.0.